The summed E-state index contributed by atoms with van der Waals surface area (Å²) < 4.78 is 0. The first kappa shape index (κ1) is 13.5. The molecule has 0 saturated carbocycles. The Morgan fingerprint density at radius 3 is 3.10 bits per heavy atom. The fourth-order valence-corrected chi connectivity index (χ4v) is 3.10. The molecule has 1 aromatic carbocycles. The Hall–Kier alpha value is -1.45. The van der Waals surface area contributed by atoms with E-state index in [1.165, 1.54) is 30.3 Å². The molecule has 0 amide bonds. The zero-order valence-corrected chi connectivity index (χ0v) is 12.2. The molecule has 106 valence electrons. The van der Waals surface area contributed by atoms with Crippen LogP contribution in [0.2, 0.25) is 0 Å². The molecular weight excluding hydrogens is 246 g/mol. The SMILES string of the molecule is CCN(Cc1ccc2ncccc2c1)C1CCCNC1. The Bertz CT molecular complexity index is 561. The van der Waals surface area contributed by atoms with Gasteiger partial charge in [0, 0.05) is 30.7 Å². The Labute approximate surface area is 121 Å². The van der Waals surface area contributed by atoms with Gasteiger partial charge in [0.15, 0.2) is 0 Å². The van der Waals surface area contributed by atoms with Crippen LogP contribution in [0, 0.1) is 0 Å². The van der Waals surface area contributed by atoms with Crippen LogP contribution in [0.1, 0.15) is 25.3 Å². The van der Waals surface area contributed by atoms with E-state index in [-0.39, 0.29) is 0 Å². The molecule has 3 nitrogen and oxygen atoms in total. The predicted molar refractivity (Wildman–Crippen MR) is 83.7 cm³/mol. The lowest BCUT2D eigenvalue weighted by Gasteiger charge is -2.34. The quantitative estimate of drug-likeness (QED) is 0.925. The molecule has 3 rings (SSSR count). The number of fused-ring (bicyclic) bond motifs is 1. The lowest BCUT2D eigenvalue weighted by atomic mass is 10.0. The Morgan fingerprint density at radius 1 is 1.35 bits per heavy atom. The summed E-state index contributed by atoms with van der Waals surface area (Å²) in [5.74, 6) is 0. The second kappa shape index (κ2) is 6.33. The van der Waals surface area contributed by atoms with Crippen LogP contribution in [0.4, 0.5) is 0 Å². The van der Waals surface area contributed by atoms with E-state index in [0.717, 1.165) is 25.2 Å². The van der Waals surface area contributed by atoms with Crippen molar-refractivity contribution in [3.05, 3.63) is 42.1 Å². The number of benzene rings is 1. The first-order valence-electron chi connectivity index (χ1n) is 7.65. The van der Waals surface area contributed by atoms with Crippen LogP contribution in [0.3, 0.4) is 0 Å². The lowest BCUT2D eigenvalue weighted by molar-refractivity contribution is 0.166. The number of piperidine rings is 1. The molecule has 1 unspecified atom stereocenters. The number of rotatable bonds is 4. The second-order valence-corrected chi connectivity index (χ2v) is 5.59. The molecule has 20 heavy (non-hydrogen) atoms. The minimum atomic E-state index is 0.679. The van der Waals surface area contributed by atoms with Crippen LogP contribution >= 0.6 is 0 Å². The van der Waals surface area contributed by atoms with Crippen molar-refractivity contribution in [1.82, 2.24) is 15.2 Å². The third-order valence-corrected chi connectivity index (χ3v) is 4.25. The summed E-state index contributed by atoms with van der Waals surface area (Å²) >= 11 is 0. The number of aromatic nitrogens is 1. The maximum atomic E-state index is 4.39. The van der Waals surface area contributed by atoms with Gasteiger partial charge in [-0.3, -0.25) is 9.88 Å². The molecule has 3 heteroatoms. The van der Waals surface area contributed by atoms with Crippen LogP contribution in [0.5, 0.6) is 0 Å². The molecule has 2 heterocycles. The Balaban J connectivity index is 1.76. The van der Waals surface area contributed by atoms with E-state index in [4.69, 9.17) is 0 Å². The molecule has 1 atom stereocenters. The molecule has 0 radical (unpaired) electrons. The molecule has 1 fully saturated rings. The largest absolute Gasteiger partial charge is 0.315 e. The van der Waals surface area contributed by atoms with E-state index in [0.29, 0.717) is 6.04 Å². The van der Waals surface area contributed by atoms with Gasteiger partial charge in [0.2, 0.25) is 0 Å². The fourth-order valence-electron chi connectivity index (χ4n) is 3.10. The van der Waals surface area contributed by atoms with E-state index in [1.54, 1.807) is 0 Å². The van der Waals surface area contributed by atoms with Gasteiger partial charge in [0.1, 0.15) is 0 Å². The van der Waals surface area contributed by atoms with Crippen molar-refractivity contribution >= 4 is 10.9 Å². The van der Waals surface area contributed by atoms with Gasteiger partial charge in [-0.2, -0.15) is 0 Å². The molecule has 1 aliphatic heterocycles. The minimum absolute atomic E-state index is 0.679. The van der Waals surface area contributed by atoms with Gasteiger partial charge in [0.05, 0.1) is 5.52 Å². The number of nitrogens with one attached hydrogen (secondary N) is 1. The van der Waals surface area contributed by atoms with Crippen molar-refractivity contribution in [2.24, 2.45) is 0 Å². The topological polar surface area (TPSA) is 28.2 Å². The van der Waals surface area contributed by atoms with Crippen LogP contribution < -0.4 is 5.32 Å². The van der Waals surface area contributed by atoms with Gasteiger partial charge in [-0.1, -0.05) is 19.1 Å². The molecule has 0 bridgehead atoms. The summed E-state index contributed by atoms with van der Waals surface area (Å²) in [6, 6.07) is 11.5. The van der Waals surface area contributed by atoms with Crippen molar-refractivity contribution in [3.63, 3.8) is 0 Å². The monoisotopic (exact) mass is 269 g/mol. The minimum Gasteiger partial charge on any atom is -0.315 e. The van der Waals surface area contributed by atoms with Crippen LogP contribution in [-0.2, 0) is 6.54 Å². The third kappa shape index (κ3) is 3.00. The molecule has 2 aromatic rings. The van der Waals surface area contributed by atoms with Crippen molar-refractivity contribution < 1.29 is 0 Å². The zero-order valence-electron chi connectivity index (χ0n) is 12.2. The summed E-state index contributed by atoms with van der Waals surface area (Å²) in [6.45, 7) is 6.71. The maximum absolute atomic E-state index is 4.39. The number of hydrogen-bond donors (Lipinski definition) is 1. The van der Waals surface area contributed by atoms with Gasteiger partial charge in [-0.15, -0.1) is 0 Å². The highest BCUT2D eigenvalue weighted by atomic mass is 15.2. The number of pyridine rings is 1. The van der Waals surface area contributed by atoms with Gasteiger partial charge in [0.25, 0.3) is 0 Å². The smallest absolute Gasteiger partial charge is 0.0702 e. The molecular formula is C17H23N3. The maximum Gasteiger partial charge on any atom is 0.0702 e. The highest BCUT2D eigenvalue weighted by molar-refractivity contribution is 5.78. The van der Waals surface area contributed by atoms with E-state index >= 15 is 0 Å². The normalized spacial score (nSPS) is 19.6. The summed E-state index contributed by atoms with van der Waals surface area (Å²) in [5.41, 5.74) is 2.47. The Morgan fingerprint density at radius 2 is 2.30 bits per heavy atom. The van der Waals surface area contributed by atoms with E-state index in [9.17, 15) is 0 Å². The molecule has 0 spiro atoms. The van der Waals surface area contributed by atoms with Crippen LogP contribution in [0.25, 0.3) is 10.9 Å². The second-order valence-electron chi connectivity index (χ2n) is 5.59. The molecule has 1 aliphatic rings. The van der Waals surface area contributed by atoms with Crippen molar-refractivity contribution in [2.75, 3.05) is 19.6 Å². The first-order chi connectivity index (χ1) is 9.86. The number of nitrogens with zero attached hydrogens (tertiary/aromatic N) is 2. The summed E-state index contributed by atoms with van der Waals surface area (Å²) in [4.78, 5) is 6.97. The Kier molecular flexibility index (Phi) is 4.28. The third-order valence-electron chi connectivity index (χ3n) is 4.25. The average Bonchev–Trinajstić information content (AvgIpc) is 2.53. The molecule has 1 N–H and O–H groups in total. The van der Waals surface area contributed by atoms with Crippen molar-refractivity contribution in [2.45, 2.75) is 32.4 Å². The van der Waals surface area contributed by atoms with Gasteiger partial charge in [-0.05, 0) is 49.7 Å². The highest BCUT2D eigenvalue weighted by Crippen LogP contribution is 2.18. The van der Waals surface area contributed by atoms with E-state index < -0.39 is 0 Å². The van der Waals surface area contributed by atoms with E-state index in [2.05, 4.69) is 46.4 Å². The van der Waals surface area contributed by atoms with E-state index in [1.807, 2.05) is 12.3 Å². The molecule has 1 saturated heterocycles. The van der Waals surface area contributed by atoms with Gasteiger partial charge < -0.3 is 5.32 Å². The standard InChI is InChI=1S/C17H23N3/c1-2-20(16-6-4-9-18-12-16)13-14-7-8-17-15(11-14)5-3-10-19-17/h3,5,7-8,10-11,16,18H,2,4,6,9,12-13H2,1H3. The predicted octanol–water partition coefficient (Wildman–Crippen LogP) is 2.81. The van der Waals surface area contributed by atoms with Gasteiger partial charge in [-0.25, -0.2) is 0 Å². The lowest BCUT2D eigenvalue weighted by Crippen LogP contribution is -2.45. The number of likely N-dealkylation sites (N-methyl/N-ethyl adjacent to an activating group) is 1. The highest BCUT2D eigenvalue weighted by Gasteiger charge is 2.19. The number of hydrogen-bond acceptors (Lipinski definition) is 3. The average molecular weight is 269 g/mol. The van der Waals surface area contributed by atoms with Crippen LogP contribution in [-0.4, -0.2) is 35.6 Å². The summed E-state index contributed by atoms with van der Waals surface area (Å²) in [6.07, 6.45) is 4.47. The molecule has 1 aromatic heterocycles. The first-order valence-corrected chi connectivity index (χ1v) is 7.65. The molecule has 0 aliphatic carbocycles. The zero-order chi connectivity index (χ0) is 13.8. The van der Waals surface area contributed by atoms with Crippen LogP contribution in [0.15, 0.2) is 36.5 Å². The fraction of sp³-hybridized carbons (Fsp3) is 0.471. The van der Waals surface area contributed by atoms with Crippen molar-refractivity contribution in [1.29, 1.82) is 0 Å². The summed E-state index contributed by atoms with van der Waals surface area (Å²) in [5, 5.41) is 4.75. The van der Waals surface area contributed by atoms with Crippen molar-refractivity contribution in [3.8, 4) is 0 Å². The summed E-state index contributed by atoms with van der Waals surface area (Å²) in [7, 11) is 0. The van der Waals surface area contributed by atoms with Gasteiger partial charge >= 0.3 is 0 Å².